The largest absolute Gasteiger partial charge is 0.356 e. The zero-order valence-corrected chi connectivity index (χ0v) is 18.0. The number of anilines is 1. The van der Waals surface area contributed by atoms with Crippen LogP contribution >= 0.6 is 11.6 Å². The molecule has 0 bridgehead atoms. The Kier molecular flexibility index (Phi) is 8.07. The van der Waals surface area contributed by atoms with Crippen molar-refractivity contribution >= 4 is 23.5 Å². The van der Waals surface area contributed by atoms with E-state index in [2.05, 4.69) is 42.0 Å². The van der Waals surface area contributed by atoms with Crippen LogP contribution in [0.15, 0.2) is 47.7 Å². The van der Waals surface area contributed by atoms with Crippen molar-refractivity contribution in [3.8, 4) is 0 Å². The van der Waals surface area contributed by atoms with E-state index in [0.717, 1.165) is 69.2 Å². The molecule has 1 aromatic heterocycles. The van der Waals surface area contributed by atoms with Crippen molar-refractivity contribution in [2.24, 2.45) is 4.99 Å². The summed E-state index contributed by atoms with van der Waals surface area (Å²) in [6, 6.07) is 9.79. The Morgan fingerprint density at radius 3 is 2.48 bits per heavy atom. The van der Waals surface area contributed by atoms with Crippen molar-refractivity contribution in [3.63, 3.8) is 0 Å². The molecule has 0 radical (unpaired) electrons. The van der Waals surface area contributed by atoms with E-state index in [9.17, 15) is 0 Å². The number of benzene rings is 1. The van der Waals surface area contributed by atoms with Crippen molar-refractivity contribution < 1.29 is 0 Å². The number of guanidine groups is 1. The van der Waals surface area contributed by atoms with Crippen LogP contribution in [-0.4, -0.2) is 79.1 Å². The molecule has 0 saturated carbocycles. The average molecular weight is 416 g/mol. The molecule has 3 rings (SSSR count). The minimum Gasteiger partial charge on any atom is -0.356 e. The first-order chi connectivity index (χ1) is 14.2. The summed E-state index contributed by atoms with van der Waals surface area (Å²) in [4.78, 5) is 20.0. The maximum absolute atomic E-state index is 5.96. The first kappa shape index (κ1) is 21.3. The lowest BCUT2D eigenvalue weighted by Gasteiger charge is -2.34. The monoisotopic (exact) mass is 415 g/mol. The summed E-state index contributed by atoms with van der Waals surface area (Å²) in [7, 11) is 3.88. The molecule has 1 saturated heterocycles. The van der Waals surface area contributed by atoms with Gasteiger partial charge in [0.15, 0.2) is 5.96 Å². The van der Waals surface area contributed by atoms with Gasteiger partial charge in [-0.3, -0.25) is 9.89 Å². The number of hydrogen-bond acceptors (Lipinski definition) is 5. The number of piperazine rings is 1. The van der Waals surface area contributed by atoms with Gasteiger partial charge in [-0.15, -0.1) is 0 Å². The van der Waals surface area contributed by atoms with Gasteiger partial charge in [0.05, 0.1) is 0 Å². The Balaban J connectivity index is 1.34. The second-order valence-electron chi connectivity index (χ2n) is 7.19. The molecule has 0 unspecified atom stereocenters. The molecule has 1 fully saturated rings. The van der Waals surface area contributed by atoms with Gasteiger partial charge in [0.1, 0.15) is 0 Å². The fraction of sp³-hybridized carbons (Fsp3) is 0.476. The molecule has 0 atom stereocenters. The number of aliphatic imine (C=N–C) groups is 1. The van der Waals surface area contributed by atoms with Crippen LogP contribution in [0.1, 0.15) is 12.0 Å². The average Bonchev–Trinajstić information content (AvgIpc) is 2.76. The summed E-state index contributed by atoms with van der Waals surface area (Å²) < 4.78 is 0. The quantitative estimate of drug-likeness (QED) is 0.425. The summed E-state index contributed by atoms with van der Waals surface area (Å²) in [5.41, 5.74) is 1.21. The Hall–Kier alpha value is -2.38. The summed E-state index contributed by atoms with van der Waals surface area (Å²) in [5, 5.41) is 4.23. The number of nitrogens with one attached hydrogen (secondary N) is 1. The van der Waals surface area contributed by atoms with Crippen LogP contribution in [0.4, 0.5) is 5.95 Å². The Labute approximate surface area is 178 Å². The Bertz CT molecular complexity index is 758. The zero-order valence-electron chi connectivity index (χ0n) is 17.3. The van der Waals surface area contributed by atoms with Gasteiger partial charge >= 0.3 is 0 Å². The zero-order chi connectivity index (χ0) is 20.5. The van der Waals surface area contributed by atoms with Crippen LogP contribution in [0, 0.1) is 0 Å². The fourth-order valence-corrected chi connectivity index (χ4v) is 3.58. The minimum atomic E-state index is 0.760. The molecular weight excluding hydrogens is 386 g/mol. The van der Waals surface area contributed by atoms with E-state index in [1.165, 1.54) is 5.56 Å². The van der Waals surface area contributed by atoms with Crippen LogP contribution in [0.2, 0.25) is 5.02 Å². The number of halogens is 1. The molecule has 29 heavy (non-hydrogen) atoms. The van der Waals surface area contributed by atoms with E-state index >= 15 is 0 Å². The van der Waals surface area contributed by atoms with E-state index in [0.29, 0.717) is 0 Å². The third-order valence-electron chi connectivity index (χ3n) is 5.05. The molecule has 2 heterocycles. The van der Waals surface area contributed by atoms with Crippen LogP contribution in [0.5, 0.6) is 0 Å². The van der Waals surface area contributed by atoms with Gasteiger partial charge in [-0.2, -0.15) is 0 Å². The fourth-order valence-electron chi connectivity index (χ4n) is 3.45. The molecule has 8 heteroatoms. The molecule has 1 aliphatic heterocycles. The first-order valence-corrected chi connectivity index (χ1v) is 10.4. The van der Waals surface area contributed by atoms with Gasteiger partial charge in [-0.1, -0.05) is 23.7 Å². The van der Waals surface area contributed by atoms with Crippen LogP contribution < -0.4 is 10.2 Å². The van der Waals surface area contributed by atoms with Crippen molar-refractivity contribution in [2.75, 3.05) is 58.3 Å². The summed E-state index contributed by atoms with van der Waals surface area (Å²) in [5.74, 6) is 1.74. The molecule has 0 aliphatic carbocycles. The molecule has 2 aromatic rings. The number of nitrogens with zero attached hydrogens (tertiary/aromatic N) is 6. The maximum atomic E-state index is 5.96. The van der Waals surface area contributed by atoms with Crippen LogP contribution in [-0.2, 0) is 6.54 Å². The molecule has 1 aromatic carbocycles. The van der Waals surface area contributed by atoms with Gasteiger partial charge in [-0.05, 0) is 36.7 Å². The molecule has 1 aliphatic rings. The molecule has 0 amide bonds. The lowest BCUT2D eigenvalue weighted by atomic mass is 10.2. The van der Waals surface area contributed by atoms with Crippen LogP contribution in [0.3, 0.4) is 0 Å². The summed E-state index contributed by atoms with van der Waals surface area (Å²) in [6.45, 7) is 6.81. The first-order valence-electron chi connectivity index (χ1n) is 10.1. The Morgan fingerprint density at radius 1 is 1.14 bits per heavy atom. The molecule has 1 N–H and O–H groups in total. The minimum absolute atomic E-state index is 0.760. The summed E-state index contributed by atoms with van der Waals surface area (Å²) in [6.07, 6.45) is 4.68. The topological polar surface area (TPSA) is 59.9 Å². The van der Waals surface area contributed by atoms with Crippen molar-refractivity contribution in [1.29, 1.82) is 0 Å². The van der Waals surface area contributed by atoms with Crippen molar-refractivity contribution in [1.82, 2.24) is 25.1 Å². The second kappa shape index (κ2) is 11.0. The smallest absolute Gasteiger partial charge is 0.225 e. The summed E-state index contributed by atoms with van der Waals surface area (Å²) >= 11 is 5.96. The van der Waals surface area contributed by atoms with Crippen molar-refractivity contribution in [2.45, 2.75) is 13.0 Å². The highest BCUT2D eigenvalue weighted by Gasteiger charge is 2.18. The highest BCUT2D eigenvalue weighted by Crippen LogP contribution is 2.11. The van der Waals surface area contributed by atoms with Gasteiger partial charge < -0.3 is 15.1 Å². The number of rotatable bonds is 7. The van der Waals surface area contributed by atoms with Crippen LogP contribution in [0.25, 0.3) is 0 Å². The predicted molar refractivity (Wildman–Crippen MR) is 120 cm³/mol. The van der Waals surface area contributed by atoms with Gasteiger partial charge in [-0.25, -0.2) is 9.97 Å². The third kappa shape index (κ3) is 6.58. The Morgan fingerprint density at radius 2 is 1.83 bits per heavy atom. The number of aromatic nitrogens is 2. The van der Waals surface area contributed by atoms with E-state index in [1.807, 2.05) is 37.4 Å². The van der Waals surface area contributed by atoms with E-state index in [1.54, 1.807) is 12.4 Å². The van der Waals surface area contributed by atoms with E-state index < -0.39 is 0 Å². The highest BCUT2D eigenvalue weighted by atomic mass is 35.5. The normalized spacial score (nSPS) is 15.4. The van der Waals surface area contributed by atoms with Gasteiger partial charge in [0, 0.05) is 70.8 Å². The molecule has 7 nitrogen and oxygen atoms in total. The molecular formula is C21H30ClN7. The highest BCUT2D eigenvalue weighted by molar-refractivity contribution is 6.30. The molecule has 156 valence electrons. The maximum Gasteiger partial charge on any atom is 0.225 e. The molecule has 0 spiro atoms. The second-order valence-corrected chi connectivity index (χ2v) is 7.62. The van der Waals surface area contributed by atoms with Crippen molar-refractivity contribution in [3.05, 3.63) is 53.3 Å². The van der Waals surface area contributed by atoms with E-state index in [-0.39, 0.29) is 0 Å². The van der Waals surface area contributed by atoms with Gasteiger partial charge in [0.25, 0.3) is 0 Å². The SMILES string of the molecule is CN=C(NCCCN1CCN(c2ncccn2)CC1)N(C)Cc1ccc(Cl)cc1. The third-order valence-corrected chi connectivity index (χ3v) is 5.30. The van der Waals surface area contributed by atoms with E-state index in [4.69, 9.17) is 11.6 Å². The van der Waals surface area contributed by atoms with Gasteiger partial charge in [0.2, 0.25) is 5.95 Å². The standard InChI is InChI=1S/C21H30ClN7/c1-23-20(27(2)17-18-5-7-19(22)8-6-18)24-11-4-12-28-13-15-29(16-14-28)21-25-9-3-10-26-21/h3,5-10H,4,11-17H2,1-2H3,(H,23,24). The lowest BCUT2D eigenvalue weighted by molar-refractivity contribution is 0.254. The lowest BCUT2D eigenvalue weighted by Crippen LogP contribution is -2.47. The number of hydrogen-bond donors (Lipinski definition) is 1. The predicted octanol–water partition coefficient (Wildman–Crippen LogP) is 2.35.